The number of para-hydroxylation sites is 3. The minimum Gasteiger partial charge on any atom is -0.495 e. The van der Waals surface area contributed by atoms with E-state index >= 15 is 0 Å². The van der Waals surface area contributed by atoms with Gasteiger partial charge in [-0.3, -0.25) is 9.59 Å². The Kier molecular flexibility index (Phi) is 9.05. The molecule has 0 radical (unpaired) electrons. The molecule has 2 N–H and O–H groups in total. The summed E-state index contributed by atoms with van der Waals surface area (Å²) >= 11 is 0. The quantitative estimate of drug-likeness (QED) is 0.324. The zero-order valence-corrected chi connectivity index (χ0v) is 20.1. The summed E-state index contributed by atoms with van der Waals surface area (Å²) in [6.45, 7) is -0.478. The summed E-state index contributed by atoms with van der Waals surface area (Å²) in [5.74, 6) is -0.00894. The molecule has 9 nitrogen and oxygen atoms in total. The summed E-state index contributed by atoms with van der Waals surface area (Å²) in [6.07, 6.45) is 2.70. The number of nitrogens with one attached hydrogen (secondary N) is 2. The SMILES string of the molecule is COc1ccccc1NC(=O)c1ccc(NC(=O)COC(=O)/C=C/c2cccc(OC)c2OC)cc1. The fourth-order valence-electron chi connectivity index (χ4n) is 3.23. The topological polar surface area (TPSA) is 112 Å². The second-order valence-corrected chi connectivity index (χ2v) is 7.30. The molecule has 0 heterocycles. The first-order chi connectivity index (χ1) is 17.4. The molecule has 0 aliphatic rings. The lowest BCUT2D eigenvalue weighted by Gasteiger charge is -2.10. The van der Waals surface area contributed by atoms with E-state index in [0.717, 1.165) is 0 Å². The first-order valence-electron chi connectivity index (χ1n) is 10.8. The van der Waals surface area contributed by atoms with E-state index in [4.69, 9.17) is 18.9 Å². The first-order valence-corrected chi connectivity index (χ1v) is 10.8. The molecule has 0 aliphatic heterocycles. The van der Waals surface area contributed by atoms with Crippen molar-refractivity contribution in [1.82, 2.24) is 0 Å². The Balaban J connectivity index is 1.50. The zero-order valence-electron chi connectivity index (χ0n) is 20.1. The fourth-order valence-corrected chi connectivity index (χ4v) is 3.23. The number of benzene rings is 3. The standard InChI is InChI=1S/C27H26N2O7/c1-33-22-9-5-4-8-21(22)29-27(32)19-11-14-20(15-12-19)28-24(30)17-36-25(31)16-13-18-7-6-10-23(34-2)26(18)35-3/h4-16H,17H2,1-3H3,(H,28,30)(H,29,32)/b16-13+. The van der Waals surface area contributed by atoms with E-state index in [1.165, 1.54) is 33.5 Å². The van der Waals surface area contributed by atoms with Gasteiger partial charge in [0.15, 0.2) is 18.1 Å². The largest absolute Gasteiger partial charge is 0.495 e. The van der Waals surface area contributed by atoms with Crippen molar-refractivity contribution < 1.29 is 33.3 Å². The second kappa shape index (κ2) is 12.6. The van der Waals surface area contributed by atoms with Crippen LogP contribution in [0.3, 0.4) is 0 Å². The van der Waals surface area contributed by atoms with Crippen LogP contribution in [0.15, 0.2) is 72.8 Å². The van der Waals surface area contributed by atoms with Gasteiger partial charge in [-0.05, 0) is 48.5 Å². The highest BCUT2D eigenvalue weighted by Crippen LogP contribution is 2.31. The lowest BCUT2D eigenvalue weighted by molar-refractivity contribution is -0.142. The normalized spacial score (nSPS) is 10.4. The third-order valence-corrected chi connectivity index (χ3v) is 4.96. The van der Waals surface area contributed by atoms with E-state index in [9.17, 15) is 14.4 Å². The molecule has 0 bridgehead atoms. The molecule has 9 heteroatoms. The predicted molar refractivity (Wildman–Crippen MR) is 136 cm³/mol. The highest BCUT2D eigenvalue weighted by atomic mass is 16.5. The van der Waals surface area contributed by atoms with Gasteiger partial charge in [-0.2, -0.15) is 0 Å². The molecule has 0 atom stereocenters. The Morgan fingerprint density at radius 2 is 1.47 bits per heavy atom. The van der Waals surface area contributed by atoms with Gasteiger partial charge in [0.05, 0.1) is 27.0 Å². The molecule has 0 unspecified atom stereocenters. The molecule has 36 heavy (non-hydrogen) atoms. The highest BCUT2D eigenvalue weighted by Gasteiger charge is 2.11. The number of methoxy groups -OCH3 is 3. The molecule has 0 spiro atoms. The number of anilines is 2. The van der Waals surface area contributed by atoms with Crippen molar-refractivity contribution in [3.63, 3.8) is 0 Å². The molecule has 0 saturated heterocycles. The van der Waals surface area contributed by atoms with Crippen molar-refractivity contribution in [2.24, 2.45) is 0 Å². The number of hydrogen-bond donors (Lipinski definition) is 2. The van der Waals surface area contributed by atoms with Crippen LogP contribution >= 0.6 is 0 Å². The number of hydrogen-bond acceptors (Lipinski definition) is 7. The second-order valence-electron chi connectivity index (χ2n) is 7.30. The average Bonchev–Trinajstić information content (AvgIpc) is 2.91. The van der Waals surface area contributed by atoms with Crippen LogP contribution in [0.2, 0.25) is 0 Å². The average molecular weight is 491 g/mol. The Bertz CT molecular complexity index is 1250. The van der Waals surface area contributed by atoms with Gasteiger partial charge in [0, 0.05) is 22.9 Å². The van der Waals surface area contributed by atoms with E-state index < -0.39 is 18.5 Å². The van der Waals surface area contributed by atoms with Crippen molar-refractivity contribution in [2.75, 3.05) is 38.6 Å². The highest BCUT2D eigenvalue weighted by molar-refractivity contribution is 6.05. The van der Waals surface area contributed by atoms with E-state index in [0.29, 0.717) is 39.8 Å². The molecule has 3 rings (SSSR count). The van der Waals surface area contributed by atoms with Crippen LogP contribution < -0.4 is 24.8 Å². The van der Waals surface area contributed by atoms with Crippen LogP contribution in [-0.4, -0.2) is 45.7 Å². The van der Waals surface area contributed by atoms with Crippen molar-refractivity contribution in [3.8, 4) is 17.2 Å². The van der Waals surface area contributed by atoms with Gasteiger partial charge in [-0.15, -0.1) is 0 Å². The van der Waals surface area contributed by atoms with Gasteiger partial charge in [-0.1, -0.05) is 24.3 Å². The van der Waals surface area contributed by atoms with Gasteiger partial charge < -0.3 is 29.6 Å². The van der Waals surface area contributed by atoms with Crippen LogP contribution in [0.5, 0.6) is 17.2 Å². The molecule has 2 amide bonds. The minimum absolute atomic E-state index is 0.328. The third kappa shape index (κ3) is 6.86. The maximum atomic E-state index is 12.5. The number of ether oxygens (including phenoxy) is 4. The van der Waals surface area contributed by atoms with Gasteiger partial charge in [0.1, 0.15) is 5.75 Å². The number of rotatable bonds is 10. The van der Waals surface area contributed by atoms with Crippen LogP contribution in [-0.2, 0) is 14.3 Å². The lowest BCUT2D eigenvalue weighted by Crippen LogP contribution is -2.20. The Morgan fingerprint density at radius 3 is 2.17 bits per heavy atom. The number of carbonyl (C=O) groups is 3. The summed E-state index contributed by atoms with van der Waals surface area (Å²) in [5, 5.41) is 5.39. The fraction of sp³-hybridized carbons (Fsp3) is 0.148. The minimum atomic E-state index is -0.696. The molecule has 0 saturated carbocycles. The Labute approximate surface area is 208 Å². The summed E-state index contributed by atoms with van der Waals surface area (Å²) in [4.78, 5) is 36.7. The van der Waals surface area contributed by atoms with Gasteiger partial charge >= 0.3 is 5.97 Å². The van der Waals surface area contributed by atoms with Crippen molar-refractivity contribution in [2.45, 2.75) is 0 Å². The van der Waals surface area contributed by atoms with Crippen molar-refractivity contribution in [3.05, 3.63) is 83.9 Å². The summed E-state index contributed by atoms with van der Waals surface area (Å²) in [7, 11) is 4.54. The number of esters is 1. The van der Waals surface area contributed by atoms with Gasteiger partial charge in [0.2, 0.25) is 0 Å². The van der Waals surface area contributed by atoms with E-state index in [1.54, 1.807) is 66.7 Å². The van der Waals surface area contributed by atoms with Crippen LogP contribution in [0.1, 0.15) is 15.9 Å². The third-order valence-electron chi connectivity index (χ3n) is 4.96. The summed E-state index contributed by atoms with van der Waals surface area (Å²) in [6, 6.07) is 18.6. The van der Waals surface area contributed by atoms with E-state index in [-0.39, 0.29) is 5.91 Å². The number of amides is 2. The zero-order chi connectivity index (χ0) is 25.9. The summed E-state index contributed by atoms with van der Waals surface area (Å²) < 4.78 is 20.7. The maximum Gasteiger partial charge on any atom is 0.331 e. The van der Waals surface area contributed by atoms with E-state index in [2.05, 4.69) is 10.6 Å². The van der Waals surface area contributed by atoms with Crippen molar-refractivity contribution >= 4 is 35.2 Å². The molecule has 3 aromatic rings. The van der Waals surface area contributed by atoms with Crippen molar-refractivity contribution in [1.29, 1.82) is 0 Å². The van der Waals surface area contributed by atoms with Crippen LogP contribution in [0, 0.1) is 0 Å². The molecule has 0 aliphatic carbocycles. The van der Waals surface area contributed by atoms with Gasteiger partial charge in [-0.25, -0.2) is 4.79 Å². The van der Waals surface area contributed by atoms with Gasteiger partial charge in [0.25, 0.3) is 11.8 Å². The Hall–Kier alpha value is -4.79. The molecular formula is C27H26N2O7. The first kappa shape index (κ1) is 25.8. The van der Waals surface area contributed by atoms with E-state index in [1.807, 2.05) is 0 Å². The van der Waals surface area contributed by atoms with Crippen LogP contribution in [0.25, 0.3) is 6.08 Å². The molecule has 186 valence electrons. The number of carbonyl (C=O) groups excluding carboxylic acids is 3. The molecular weight excluding hydrogens is 464 g/mol. The predicted octanol–water partition coefficient (Wildman–Crippen LogP) is 4.16. The summed E-state index contributed by atoms with van der Waals surface area (Å²) in [5.41, 5.74) is 2.00. The lowest BCUT2D eigenvalue weighted by atomic mass is 10.1. The molecule has 0 fully saturated rings. The smallest absolute Gasteiger partial charge is 0.331 e. The Morgan fingerprint density at radius 1 is 0.778 bits per heavy atom. The van der Waals surface area contributed by atoms with Crippen LogP contribution in [0.4, 0.5) is 11.4 Å². The molecule has 3 aromatic carbocycles. The molecule has 0 aromatic heterocycles. The maximum absolute atomic E-state index is 12.5. The monoisotopic (exact) mass is 490 g/mol.